The fraction of sp³-hybridized carbons (Fsp3) is 0.217. The Morgan fingerprint density at radius 1 is 1.09 bits per heavy atom. The maximum Gasteiger partial charge on any atom is 0.255 e. The Balaban J connectivity index is 1.70. The summed E-state index contributed by atoms with van der Waals surface area (Å²) in [6.45, 7) is 6.06. The number of aromatic hydroxyl groups is 1. The first-order chi connectivity index (χ1) is 15.6. The fourth-order valence-corrected chi connectivity index (χ4v) is 3.82. The van der Waals surface area contributed by atoms with E-state index < -0.39 is 5.91 Å². The summed E-state index contributed by atoms with van der Waals surface area (Å²) in [5, 5.41) is 23.4. The molecule has 4 N–H and O–H groups in total. The zero-order valence-corrected chi connectivity index (χ0v) is 19.3. The van der Waals surface area contributed by atoms with Crippen LogP contribution in [0.25, 0.3) is 17.0 Å². The van der Waals surface area contributed by atoms with Crippen LogP contribution in [0.15, 0.2) is 42.5 Å². The van der Waals surface area contributed by atoms with Crippen LogP contribution in [-0.4, -0.2) is 43.8 Å². The molecule has 9 nitrogen and oxygen atoms in total. The number of anilines is 1. The minimum atomic E-state index is -0.425. The van der Waals surface area contributed by atoms with Crippen LogP contribution in [0.1, 0.15) is 47.2 Å². The number of hydrogen-bond acceptors (Lipinski definition) is 5. The number of carbonyl (C=O) groups is 2. The van der Waals surface area contributed by atoms with Gasteiger partial charge in [0.1, 0.15) is 10.8 Å². The maximum atomic E-state index is 12.9. The van der Waals surface area contributed by atoms with Gasteiger partial charge in [-0.2, -0.15) is 4.63 Å². The van der Waals surface area contributed by atoms with Crippen molar-refractivity contribution in [1.29, 1.82) is 0 Å². The van der Waals surface area contributed by atoms with Gasteiger partial charge in [0.05, 0.1) is 11.4 Å². The molecular formula is C23H23ClN6O3. The number of nitrogens with one attached hydrogen (secondary N) is 3. The molecular weight excluding hydrogens is 444 g/mol. The van der Waals surface area contributed by atoms with Crippen molar-refractivity contribution in [3.63, 3.8) is 0 Å². The van der Waals surface area contributed by atoms with Crippen LogP contribution in [-0.2, 0) is 5.41 Å². The molecule has 2 aromatic carbocycles. The van der Waals surface area contributed by atoms with Gasteiger partial charge in [0, 0.05) is 29.2 Å². The Morgan fingerprint density at radius 3 is 2.42 bits per heavy atom. The van der Waals surface area contributed by atoms with Crippen molar-refractivity contribution in [2.75, 3.05) is 12.4 Å². The van der Waals surface area contributed by atoms with Gasteiger partial charge in [0.15, 0.2) is 11.5 Å². The Kier molecular flexibility index (Phi) is 5.59. The summed E-state index contributed by atoms with van der Waals surface area (Å²) in [7, 11) is 1.52. The summed E-state index contributed by atoms with van der Waals surface area (Å²) in [5.41, 5.74) is 2.48. The smallest absolute Gasteiger partial charge is 0.255 e. The standard InChI is InChI=1S/C23H23ClN6O3/c1-23(2,3)18-17(24)20-27-19(29-30(20)28-18)15-11-14(31)8-9-16(15)26-22(33)13-7-5-6-12(10-13)21(32)25-4/h5-11,28,31H,1-4H3,(H,25,32)(H,26,33). The number of halogens is 1. The average Bonchev–Trinajstić information content (AvgIpc) is 3.33. The van der Waals surface area contributed by atoms with Gasteiger partial charge >= 0.3 is 0 Å². The third-order valence-corrected chi connectivity index (χ3v) is 5.45. The van der Waals surface area contributed by atoms with Crippen LogP contribution in [0.5, 0.6) is 5.75 Å². The average molecular weight is 467 g/mol. The number of amides is 2. The number of benzene rings is 2. The van der Waals surface area contributed by atoms with E-state index in [1.165, 1.54) is 29.9 Å². The van der Waals surface area contributed by atoms with E-state index in [9.17, 15) is 14.7 Å². The summed E-state index contributed by atoms with van der Waals surface area (Å²) in [5.74, 6) is -0.456. The number of rotatable bonds is 4. The predicted octanol–water partition coefficient (Wildman–Crippen LogP) is 3.99. The molecule has 33 heavy (non-hydrogen) atoms. The maximum absolute atomic E-state index is 12.9. The molecule has 10 heteroatoms. The van der Waals surface area contributed by atoms with Gasteiger partial charge in [-0.05, 0) is 36.4 Å². The number of aromatic nitrogens is 4. The van der Waals surface area contributed by atoms with Gasteiger partial charge in [0.25, 0.3) is 11.8 Å². The lowest BCUT2D eigenvalue weighted by Gasteiger charge is -2.16. The molecule has 0 aliphatic carbocycles. The molecule has 0 fully saturated rings. The number of aromatic amines is 1. The van der Waals surface area contributed by atoms with E-state index in [4.69, 9.17) is 11.6 Å². The Hall–Kier alpha value is -3.85. The lowest BCUT2D eigenvalue weighted by molar-refractivity contribution is 0.0963. The highest BCUT2D eigenvalue weighted by Crippen LogP contribution is 2.34. The molecule has 4 rings (SSSR count). The first-order valence-electron chi connectivity index (χ1n) is 10.2. The van der Waals surface area contributed by atoms with E-state index >= 15 is 0 Å². The second kappa shape index (κ2) is 8.25. The molecule has 2 amide bonds. The molecule has 0 aliphatic heterocycles. The van der Waals surface area contributed by atoms with Gasteiger partial charge < -0.3 is 15.7 Å². The Bertz CT molecular complexity index is 1380. The van der Waals surface area contributed by atoms with Crippen LogP contribution in [0.2, 0.25) is 5.02 Å². The zero-order valence-electron chi connectivity index (χ0n) is 18.5. The summed E-state index contributed by atoms with van der Waals surface area (Å²) >= 11 is 6.52. The van der Waals surface area contributed by atoms with E-state index in [2.05, 4.69) is 25.8 Å². The summed E-state index contributed by atoms with van der Waals surface area (Å²) in [4.78, 5) is 29.3. The second-order valence-electron chi connectivity index (χ2n) is 8.57. The molecule has 2 aromatic heterocycles. The van der Waals surface area contributed by atoms with Crippen LogP contribution in [0.4, 0.5) is 5.69 Å². The summed E-state index contributed by atoms with van der Waals surface area (Å²) in [6.07, 6.45) is 0. The molecule has 4 aromatic rings. The Morgan fingerprint density at radius 2 is 1.79 bits per heavy atom. The quantitative estimate of drug-likeness (QED) is 0.338. The number of carbonyl (C=O) groups excluding carboxylic acids is 2. The summed E-state index contributed by atoms with van der Waals surface area (Å²) in [6, 6.07) is 10.8. The van der Waals surface area contributed by atoms with E-state index in [-0.39, 0.29) is 22.9 Å². The lowest BCUT2D eigenvalue weighted by Crippen LogP contribution is -2.19. The van der Waals surface area contributed by atoms with Gasteiger partial charge in [-0.25, -0.2) is 4.98 Å². The number of hydrogen-bond donors (Lipinski definition) is 4. The van der Waals surface area contributed by atoms with E-state index in [1.807, 2.05) is 20.8 Å². The number of phenols is 1. The number of fused-ring (bicyclic) bond motifs is 1. The molecule has 170 valence electrons. The third-order valence-electron chi connectivity index (χ3n) is 5.10. The van der Waals surface area contributed by atoms with Crippen molar-refractivity contribution >= 4 is 34.7 Å². The topological polar surface area (TPSA) is 124 Å². The van der Waals surface area contributed by atoms with Crippen LogP contribution in [0, 0.1) is 0 Å². The highest BCUT2D eigenvalue weighted by molar-refractivity contribution is 6.34. The van der Waals surface area contributed by atoms with Gasteiger partial charge in [0.2, 0.25) is 0 Å². The molecule has 0 radical (unpaired) electrons. The van der Waals surface area contributed by atoms with Crippen LogP contribution < -0.4 is 10.6 Å². The summed E-state index contributed by atoms with van der Waals surface area (Å²) < 4.78 is 1.47. The second-order valence-corrected chi connectivity index (χ2v) is 8.94. The normalized spacial score (nSPS) is 11.5. The number of H-pyrrole nitrogens is 1. The predicted molar refractivity (Wildman–Crippen MR) is 126 cm³/mol. The molecule has 0 saturated carbocycles. The molecule has 2 heterocycles. The zero-order chi connectivity index (χ0) is 23.9. The largest absolute Gasteiger partial charge is 0.508 e. The first kappa shape index (κ1) is 22.3. The molecule has 0 aliphatic rings. The minimum Gasteiger partial charge on any atom is -0.508 e. The highest BCUT2D eigenvalue weighted by atomic mass is 35.5. The van der Waals surface area contributed by atoms with Crippen molar-refractivity contribution in [2.24, 2.45) is 0 Å². The van der Waals surface area contributed by atoms with Crippen LogP contribution >= 0.6 is 11.6 Å². The third kappa shape index (κ3) is 4.27. The van der Waals surface area contributed by atoms with Gasteiger partial charge in [-0.1, -0.05) is 38.4 Å². The number of phenolic OH excluding ortho intramolecular Hbond substituents is 1. The van der Waals surface area contributed by atoms with E-state index in [1.54, 1.807) is 24.3 Å². The van der Waals surface area contributed by atoms with Crippen molar-refractivity contribution < 1.29 is 14.7 Å². The van der Waals surface area contributed by atoms with Gasteiger partial charge in [-0.15, -0.1) is 5.10 Å². The van der Waals surface area contributed by atoms with E-state index in [0.717, 1.165) is 5.69 Å². The SMILES string of the molecule is CNC(=O)c1cccc(C(=O)Nc2ccc(O)cc2-c2nc3c(Cl)c(C(C)(C)C)[nH]n3n2)c1. The Labute approximate surface area is 194 Å². The minimum absolute atomic E-state index is 0.00967. The van der Waals surface area contributed by atoms with Crippen molar-refractivity contribution in [1.82, 2.24) is 25.1 Å². The molecule has 0 unspecified atom stereocenters. The molecule has 0 atom stereocenters. The monoisotopic (exact) mass is 466 g/mol. The highest BCUT2D eigenvalue weighted by Gasteiger charge is 2.25. The van der Waals surface area contributed by atoms with Crippen LogP contribution in [0.3, 0.4) is 0 Å². The molecule has 0 bridgehead atoms. The fourth-order valence-electron chi connectivity index (χ4n) is 3.38. The van der Waals surface area contributed by atoms with Crippen molar-refractivity contribution in [2.45, 2.75) is 26.2 Å². The van der Waals surface area contributed by atoms with Crippen molar-refractivity contribution in [3.8, 4) is 17.1 Å². The van der Waals surface area contributed by atoms with Crippen molar-refractivity contribution in [3.05, 3.63) is 64.3 Å². The number of nitrogens with zero attached hydrogens (tertiary/aromatic N) is 3. The first-order valence-corrected chi connectivity index (χ1v) is 10.6. The lowest BCUT2D eigenvalue weighted by atomic mass is 9.92. The molecule has 0 spiro atoms. The van der Waals surface area contributed by atoms with E-state index in [0.29, 0.717) is 33.0 Å². The van der Waals surface area contributed by atoms with Gasteiger partial charge in [-0.3, -0.25) is 14.7 Å². The molecule has 0 saturated heterocycles.